The van der Waals surface area contributed by atoms with Gasteiger partial charge >= 0.3 is 0 Å². The summed E-state index contributed by atoms with van der Waals surface area (Å²) in [6, 6.07) is 15.8. The lowest BCUT2D eigenvalue weighted by molar-refractivity contribution is 0.415. The van der Waals surface area contributed by atoms with Gasteiger partial charge in [-0.25, -0.2) is 4.98 Å². The number of fused-ring (bicyclic) bond motifs is 1. The molecule has 0 amide bonds. The summed E-state index contributed by atoms with van der Waals surface area (Å²) in [5.41, 5.74) is 3.11. The fourth-order valence-electron chi connectivity index (χ4n) is 2.12. The lowest BCUT2D eigenvalue weighted by atomic mass is 10.1. The maximum Gasteiger partial charge on any atom is 0.149 e. The normalized spacial score (nSPS) is 11.4. The summed E-state index contributed by atoms with van der Waals surface area (Å²) in [6.07, 6.45) is 1.82. The molecule has 4 nitrogen and oxygen atoms in total. The largest absolute Gasteiger partial charge is 0.497 e. The van der Waals surface area contributed by atoms with Crippen LogP contribution in [0.15, 0.2) is 42.5 Å². The van der Waals surface area contributed by atoms with E-state index >= 15 is 0 Å². The summed E-state index contributed by atoms with van der Waals surface area (Å²) >= 11 is 2.25. The van der Waals surface area contributed by atoms with Crippen LogP contribution < -0.4 is 4.74 Å². The van der Waals surface area contributed by atoms with Gasteiger partial charge in [0.1, 0.15) is 17.6 Å². The van der Waals surface area contributed by atoms with Gasteiger partial charge in [0.05, 0.1) is 23.7 Å². The molecule has 0 aliphatic rings. The molecule has 3 aromatic rings. The van der Waals surface area contributed by atoms with Crippen LogP contribution in [0.1, 0.15) is 11.4 Å². The average molecular weight is 401 g/mol. The van der Waals surface area contributed by atoms with Crippen LogP contribution in [0.25, 0.3) is 22.7 Å². The van der Waals surface area contributed by atoms with Crippen molar-refractivity contribution >= 4 is 45.3 Å². The maximum atomic E-state index is 9.42. The smallest absolute Gasteiger partial charge is 0.149 e. The third-order valence-electron chi connectivity index (χ3n) is 3.25. The molecule has 0 unspecified atom stereocenters. The molecular weight excluding hydrogens is 389 g/mol. The van der Waals surface area contributed by atoms with Gasteiger partial charge in [0, 0.05) is 9.64 Å². The zero-order chi connectivity index (χ0) is 15.5. The summed E-state index contributed by atoms with van der Waals surface area (Å²) in [6.45, 7) is 0. The molecule has 0 bridgehead atoms. The van der Waals surface area contributed by atoms with Crippen molar-refractivity contribution in [3.8, 4) is 11.8 Å². The summed E-state index contributed by atoms with van der Waals surface area (Å²) < 4.78 is 6.35. The predicted molar refractivity (Wildman–Crippen MR) is 95.3 cm³/mol. The molecule has 108 valence electrons. The number of H-pyrrole nitrogens is 1. The minimum atomic E-state index is 0.497. The minimum absolute atomic E-state index is 0.497. The number of methoxy groups -OCH3 is 1. The molecule has 22 heavy (non-hydrogen) atoms. The quantitative estimate of drug-likeness (QED) is 0.528. The first-order valence-corrected chi connectivity index (χ1v) is 7.69. The van der Waals surface area contributed by atoms with Crippen molar-refractivity contribution in [2.75, 3.05) is 7.11 Å². The van der Waals surface area contributed by atoms with Gasteiger partial charge in [-0.2, -0.15) is 5.26 Å². The van der Waals surface area contributed by atoms with Gasteiger partial charge in [-0.3, -0.25) is 0 Å². The molecule has 2 aromatic carbocycles. The van der Waals surface area contributed by atoms with Crippen LogP contribution in [0.5, 0.6) is 5.75 Å². The average Bonchev–Trinajstić information content (AvgIpc) is 2.97. The Bertz CT molecular complexity index is 888. The second-order valence-corrected chi connectivity index (χ2v) is 5.94. The summed E-state index contributed by atoms with van der Waals surface area (Å²) in [7, 11) is 1.62. The van der Waals surface area contributed by atoms with Crippen molar-refractivity contribution in [2.24, 2.45) is 0 Å². The van der Waals surface area contributed by atoms with Gasteiger partial charge in [-0.1, -0.05) is 12.1 Å². The highest BCUT2D eigenvalue weighted by molar-refractivity contribution is 14.1. The summed E-state index contributed by atoms with van der Waals surface area (Å²) in [5, 5.41) is 9.42. The second-order valence-electron chi connectivity index (χ2n) is 4.69. The van der Waals surface area contributed by atoms with Crippen LogP contribution >= 0.6 is 22.6 Å². The fraction of sp³-hybridized carbons (Fsp3) is 0.0588. The van der Waals surface area contributed by atoms with Gasteiger partial charge < -0.3 is 9.72 Å². The lowest BCUT2D eigenvalue weighted by Gasteiger charge is -1.97. The van der Waals surface area contributed by atoms with E-state index in [1.165, 1.54) is 0 Å². The predicted octanol–water partition coefficient (Wildman–Crippen LogP) is 4.24. The Balaban J connectivity index is 2.03. The number of imidazole rings is 1. The van der Waals surface area contributed by atoms with E-state index in [-0.39, 0.29) is 0 Å². The third-order valence-corrected chi connectivity index (χ3v) is 3.96. The van der Waals surface area contributed by atoms with E-state index in [9.17, 15) is 5.26 Å². The van der Waals surface area contributed by atoms with Crippen molar-refractivity contribution in [1.29, 1.82) is 5.26 Å². The summed E-state index contributed by atoms with van der Waals surface area (Å²) in [5.74, 6) is 1.31. The van der Waals surface area contributed by atoms with Crippen molar-refractivity contribution in [1.82, 2.24) is 9.97 Å². The molecule has 0 aliphatic carbocycles. The van der Waals surface area contributed by atoms with Crippen LogP contribution in [0.4, 0.5) is 0 Å². The molecule has 5 heteroatoms. The van der Waals surface area contributed by atoms with E-state index in [1.807, 2.05) is 48.5 Å². The maximum absolute atomic E-state index is 9.42. The number of nitrogens with one attached hydrogen (secondary N) is 1. The van der Waals surface area contributed by atoms with Crippen molar-refractivity contribution in [2.45, 2.75) is 0 Å². The second kappa shape index (κ2) is 6.20. The molecule has 0 saturated heterocycles. The Hall–Kier alpha value is -2.33. The van der Waals surface area contributed by atoms with Crippen LogP contribution in [0, 0.1) is 14.9 Å². The number of allylic oxidation sites excluding steroid dienone is 1. The third kappa shape index (κ3) is 2.97. The van der Waals surface area contributed by atoms with Gasteiger partial charge in [0.2, 0.25) is 0 Å². The first kappa shape index (κ1) is 14.6. The minimum Gasteiger partial charge on any atom is -0.497 e. The highest BCUT2D eigenvalue weighted by Crippen LogP contribution is 2.22. The topological polar surface area (TPSA) is 61.7 Å². The zero-order valence-corrected chi connectivity index (χ0v) is 14.0. The number of hydrogen-bond donors (Lipinski definition) is 1. The van der Waals surface area contributed by atoms with Gasteiger partial charge in [0.15, 0.2) is 0 Å². The molecule has 0 saturated carbocycles. The van der Waals surface area contributed by atoms with Gasteiger partial charge in [-0.15, -0.1) is 0 Å². The molecule has 0 atom stereocenters. The number of hydrogen-bond acceptors (Lipinski definition) is 3. The Morgan fingerprint density at radius 1 is 1.27 bits per heavy atom. The fourth-order valence-corrected chi connectivity index (χ4v) is 2.48. The van der Waals surface area contributed by atoms with Crippen molar-refractivity contribution < 1.29 is 4.74 Å². The van der Waals surface area contributed by atoms with E-state index in [2.05, 4.69) is 38.6 Å². The number of benzene rings is 2. The van der Waals surface area contributed by atoms with E-state index in [4.69, 9.17) is 4.74 Å². The first-order valence-electron chi connectivity index (χ1n) is 6.61. The Labute approximate surface area is 141 Å². The highest BCUT2D eigenvalue weighted by atomic mass is 127. The molecular formula is C17H12IN3O. The highest BCUT2D eigenvalue weighted by Gasteiger charge is 2.08. The number of aromatic amines is 1. The Morgan fingerprint density at radius 2 is 2.05 bits per heavy atom. The SMILES string of the molecule is COc1ccc2nc(/C(C#N)=C/c3ccc(I)cc3)[nH]c2c1. The summed E-state index contributed by atoms with van der Waals surface area (Å²) in [4.78, 5) is 7.64. The van der Waals surface area contributed by atoms with Crippen LogP contribution in [-0.2, 0) is 0 Å². The van der Waals surface area contributed by atoms with Gasteiger partial charge in [-0.05, 0) is 58.5 Å². The number of ether oxygens (including phenoxy) is 1. The van der Waals surface area contributed by atoms with Crippen molar-refractivity contribution in [3.63, 3.8) is 0 Å². The number of nitrogens with zero attached hydrogens (tertiary/aromatic N) is 2. The number of nitriles is 1. The molecule has 1 N–H and O–H groups in total. The van der Waals surface area contributed by atoms with E-state index < -0.39 is 0 Å². The number of halogens is 1. The van der Waals surface area contributed by atoms with Gasteiger partial charge in [0.25, 0.3) is 0 Å². The molecule has 3 rings (SSSR count). The monoisotopic (exact) mass is 401 g/mol. The van der Waals surface area contributed by atoms with Crippen LogP contribution in [0.2, 0.25) is 0 Å². The number of rotatable bonds is 3. The van der Waals surface area contributed by atoms with E-state index in [1.54, 1.807) is 7.11 Å². The lowest BCUT2D eigenvalue weighted by Crippen LogP contribution is -1.85. The molecule has 0 aliphatic heterocycles. The van der Waals surface area contributed by atoms with Crippen LogP contribution in [0.3, 0.4) is 0 Å². The molecule has 1 aromatic heterocycles. The first-order chi connectivity index (χ1) is 10.7. The molecule has 1 heterocycles. The molecule has 0 radical (unpaired) electrons. The standard InChI is InChI=1S/C17H12IN3O/c1-22-14-6-7-15-16(9-14)21-17(20-15)12(10-19)8-11-2-4-13(18)5-3-11/h2-9H,1H3,(H,20,21)/b12-8+. The van der Waals surface area contributed by atoms with E-state index in [0.717, 1.165) is 25.9 Å². The number of aromatic nitrogens is 2. The Morgan fingerprint density at radius 3 is 2.73 bits per heavy atom. The molecule has 0 fully saturated rings. The zero-order valence-electron chi connectivity index (χ0n) is 11.8. The Kier molecular flexibility index (Phi) is 4.11. The van der Waals surface area contributed by atoms with Crippen LogP contribution in [-0.4, -0.2) is 17.1 Å². The van der Waals surface area contributed by atoms with Crippen molar-refractivity contribution in [3.05, 3.63) is 57.4 Å². The van der Waals surface area contributed by atoms with E-state index in [0.29, 0.717) is 11.4 Å². The molecule has 0 spiro atoms.